The highest BCUT2D eigenvalue weighted by Gasteiger charge is 2.60. The van der Waals surface area contributed by atoms with Gasteiger partial charge in [-0.3, -0.25) is 14.4 Å². The van der Waals surface area contributed by atoms with Gasteiger partial charge in [0, 0.05) is 35.7 Å². The number of allylic oxidation sites excluding steroid dienone is 1. The third-order valence-corrected chi connectivity index (χ3v) is 11.7. The highest BCUT2D eigenvalue weighted by molar-refractivity contribution is 5.98. The van der Waals surface area contributed by atoms with Gasteiger partial charge in [0.05, 0.1) is 13.5 Å². The lowest BCUT2D eigenvalue weighted by atomic mass is 9.47. The number of carbonyl (C=O) groups excluding carboxylic acids is 3. The van der Waals surface area contributed by atoms with Gasteiger partial charge in [-0.05, 0) is 104 Å². The average molecular weight is 605 g/mol. The maximum atomic E-state index is 12.9. The SMILES string of the molecule is COc1ccc2[nH]c(C(=O)O)c(CCNC(=O)CCC(=O)O[C@@H]3CC[C@H]4[C@@H]5CCC6=CC(=O)CC[C@]6(C)[C@H]5CC[C@]34C)c2c1. The van der Waals surface area contributed by atoms with Crippen LogP contribution in [-0.4, -0.2) is 53.5 Å². The average Bonchev–Trinajstić information content (AvgIpc) is 3.53. The summed E-state index contributed by atoms with van der Waals surface area (Å²) in [5.74, 6) is 0.928. The van der Waals surface area contributed by atoms with Crippen molar-refractivity contribution in [1.29, 1.82) is 0 Å². The van der Waals surface area contributed by atoms with E-state index in [0.29, 0.717) is 47.4 Å². The van der Waals surface area contributed by atoms with Gasteiger partial charge >= 0.3 is 11.9 Å². The van der Waals surface area contributed by atoms with Crippen LogP contribution in [0.2, 0.25) is 0 Å². The summed E-state index contributed by atoms with van der Waals surface area (Å²) < 4.78 is 11.4. The molecule has 0 spiro atoms. The van der Waals surface area contributed by atoms with Gasteiger partial charge < -0.3 is 24.9 Å². The monoisotopic (exact) mass is 604 g/mol. The topological polar surface area (TPSA) is 135 Å². The fraction of sp³-hybridized carbons (Fsp3) is 0.600. The second kappa shape index (κ2) is 11.7. The van der Waals surface area contributed by atoms with Crippen molar-refractivity contribution in [1.82, 2.24) is 10.3 Å². The van der Waals surface area contributed by atoms with Gasteiger partial charge in [-0.1, -0.05) is 19.4 Å². The molecule has 1 aromatic carbocycles. The maximum absolute atomic E-state index is 12.9. The van der Waals surface area contributed by atoms with Crippen LogP contribution in [-0.2, 0) is 25.5 Å². The molecule has 2 aromatic rings. The summed E-state index contributed by atoms with van der Waals surface area (Å²) in [6.07, 6.45) is 9.94. The zero-order valence-corrected chi connectivity index (χ0v) is 26.0. The molecular weight excluding hydrogens is 560 g/mol. The third kappa shape index (κ3) is 5.32. The molecule has 0 bridgehead atoms. The molecule has 236 valence electrons. The first-order chi connectivity index (χ1) is 21.0. The number of ketones is 1. The minimum atomic E-state index is -1.06. The minimum absolute atomic E-state index is 0.0139. The molecule has 1 heterocycles. The van der Waals surface area contributed by atoms with E-state index in [4.69, 9.17) is 9.47 Å². The molecule has 4 aliphatic carbocycles. The Morgan fingerprint density at radius 3 is 2.64 bits per heavy atom. The van der Waals surface area contributed by atoms with Crippen LogP contribution in [0.15, 0.2) is 29.8 Å². The van der Waals surface area contributed by atoms with Crippen molar-refractivity contribution in [3.05, 3.63) is 41.1 Å². The molecule has 1 aromatic heterocycles. The summed E-state index contributed by atoms with van der Waals surface area (Å²) in [6.45, 7) is 4.92. The summed E-state index contributed by atoms with van der Waals surface area (Å²) in [4.78, 5) is 52.4. The second-order valence-electron chi connectivity index (χ2n) is 13.9. The summed E-state index contributed by atoms with van der Waals surface area (Å²) in [7, 11) is 1.55. The van der Waals surface area contributed by atoms with Crippen LogP contribution in [0.25, 0.3) is 10.9 Å². The molecule has 6 atom stereocenters. The molecule has 0 radical (unpaired) electrons. The van der Waals surface area contributed by atoms with Crippen molar-refractivity contribution >= 4 is 34.5 Å². The van der Waals surface area contributed by atoms with Crippen molar-refractivity contribution in [3.8, 4) is 5.75 Å². The standard InChI is InChI=1S/C35H44N2O7/c1-34-15-12-21(38)18-20(34)4-6-24-26-7-9-29(35(26,2)16-13-27(24)34)44-31(40)11-10-30(39)36-17-14-23-25-19-22(43-3)5-8-28(25)37-32(23)33(41)42/h5,8,18-19,24,26-27,29,37H,4,6-7,9-17H2,1-3H3,(H,36,39)(H,41,42)/t24-,26-,27-,29+,34-,35-/m0/s1. The van der Waals surface area contributed by atoms with Crippen molar-refractivity contribution in [2.75, 3.05) is 13.7 Å². The maximum Gasteiger partial charge on any atom is 0.352 e. The number of amides is 1. The summed E-state index contributed by atoms with van der Waals surface area (Å²) in [5.41, 5.74) is 2.81. The third-order valence-electron chi connectivity index (χ3n) is 11.7. The first kappa shape index (κ1) is 30.4. The number of aromatic amines is 1. The fourth-order valence-electron chi connectivity index (χ4n) is 9.35. The molecule has 0 aliphatic heterocycles. The number of fused-ring (bicyclic) bond motifs is 6. The molecule has 44 heavy (non-hydrogen) atoms. The second-order valence-corrected chi connectivity index (χ2v) is 13.9. The Morgan fingerprint density at radius 1 is 1.05 bits per heavy atom. The van der Waals surface area contributed by atoms with Crippen molar-refractivity contribution in [3.63, 3.8) is 0 Å². The number of carbonyl (C=O) groups is 4. The van der Waals surface area contributed by atoms with Gasteiger partial charge in [0.15, 0.2) is 5.78 Å². The number of carboxylic acid groups (broad SMARTS) is 1. The van der Waals surface area contributed by atoms with Gasteiger partial charge in [-0.15, -0.1) is 0 Å². The summed E-state index contributed by atoms with van der Waals surface area (Å²) >= 11 is 0. The number of hydrogen-bond acceptors (Lipinski definition) is 6. The molecule has 6 rings (SSSR count). The number of aromatic nitrogens is 1. The number of rotatable bonds is 9. The first-order valence-electron chi connectivity index (χ1n) is 16.2. The van der Waals surface area contributed by atoms with Gasteiger partial charge in [-0.25, -0.2) is 4.79 Å². The molecule has 4 aliphatic rings. The van der Waals surface area contributed by atoms with Crippen molar-refractivity contribution in [2.24, 2.45) is 28.6 Å². The normalized spacial score (nSPS) is 31.0. The van der Waals surface area contributed by atoms with Crippen molar-refractivity contribution in [2.45, 2.75) is 90.6 Å². The molecule has 9 nitrogen and oxygen atoms in total. The predicted molar refractivity (Wildman–Crippen MR) is 164 cm³/mol. The van der Waals surface area contributed by atoms with E-state index in [9.17, 15) is 24.3 Å². The predicted octanol–water partition coefficient (Wildman–Crippen LogP) is 5.76. The number of ether oxygens (including phenoxy) is 2. The smallest absolute Gasteiger partial charge is 0.352 e. The van der Waals surface area contributed by atoms with Crippen LogP contribution < -0.4 is 10.1 Å². The number of hydrogen-bond donors (Lipinski definition) is 3. The van der Waals surface area contributed by atoms with Crippen LogP contribution in [0.5, 0.6) is 5.75 Å². The minimum Gasteiger partial charge on any atom is -0.497 e. The van der Waals surface area contributed by atoms with E-state index in [1.54, 1.807) is 25.3 Å². The van der Waals surface area contributed by atoms with Gasteiger partial charge in [0.25, 0.3) is 0 Å². The molecule has 3 N–H and O–H groups in total. The van der Waals surface area contributed by atoms with E-state index in [1.807, 2.05) is 6.08 Å². The molecular formula is C35H44N2O7. The molecule has 3 saturated carbocycles. The largest absolute Gasteiger partial charge is 0.497 e. The summed E-state index contributed by atoms with van der Waals surface area (Å²) in [6, 6.07) is 5.32. The molecule has 9 heteroatoms. The number of methoxy groups -OCH3 is 1. The van der Waals surface area contributed by atoms with Crippen molar-refractivity contribution < 1.29 is 33.8 Å². The molecule has 0 unspecified atom stereocenters. The number of carboxylic acids is 1. The van der Waals surface area contributed by atoms with Crippen LogP contribution in [0.1, 0.15) is 94.1 Å². The molecule has 1 amide bonds. The lowest BCUT2D eigenvalue weighted by molar-refractivity contribution is -0.160. The van der Waals surface area contributed by atoms with E-state index in [1.165, 1.54) is 5.57 Å². The Labute approximate surface area is 258 Å². The van der Waals surface area contributed by atoms with Crippen LogP contribution >= 0.6 is 0 Å². The summed E-state index contributed by atoms with van der Waals surface area (Å²) in [5, 5.41) is 13.2. The number of nitrogens with one attached hydrogen (secondary N) is 2. The van der Waals surface area contributed by atoms with E-state index < -0.39 is 5.97 Å². The highest BCUT2D eigenvalue weighted by Crippen LogP contribution is 2.65. The van der Waals surface area contributed by atoms with Gasteiger partial charge in [0.2, 0.25) is 5.91 Å². The first-order valence-corrected chi connectivity index (χ1v) is 16.2. The number of aromatic carboxylic acids is 1. The lowest BCUT2D eigenvalue weighted by Gasteiger charge is -2.57. The quantitative estimate of drug-likeness (QED) is 0.310. The Morgan fingerprint density at radius 2 is 1.86 bits per heavy atom. The number of benzene rings is 1. The molecule has 0 saturated heterocycles. The van der Waals surface area contributed by atoms with Crippen LogP contribution in [0.3, 0.4) is 0 Å². The Bertz CT molecular complexity index is 1520. The van der Waals surface area contributed by atoms with Gasteiger partial charge in [0.1, 0.15) is 17.5 Å². The molecule has 3 fully saturated rings. The number of H-pyrrole nitrogens is 1. The Balaban J connectivity index is 1.01. The van der Waals surface area contributed by atoms with E-state index in [0.717, 1.165) is 50.3 Å². The zero-order valence-electron chi connectivity index (χ0n) is 26.0. The van der Waals surface area contributed by atoms with E-state index in [-0.39, 0.29) is 59.7 Å². The Kier molecular flexibility index (Phi) is 8.09. The van der Waals surface area contributed by atoms with E-state index in [2.05, 4.69) is 24.1 Å². The fourth-order valence-corrected chi connectivity index (χ4v) is 9.35. The van der Waals surface area contributed by atoms with Gasteiger partial charge in [-0.2, -0.15) is 0 Å². The van der Waals surface area contributed by atoms with Crippen LogP contribution in [0.4, 0.5) is 0 Å². The zero-order chi connectivity index (χ0) is 31.2. The lowest BCUT2D eigenvalue weighted by Crippen LogP contribution is -2.51. The Hall–Kier alpha value is -3.62. The highest BCUT2D eigenvalue weighted by atomic mass is 16.5. The number of esters is 1. The van der Waals surface area contributed by atoms with E-state index >= 15 is 0 Å². The van der Waals surface area contributed by atoms with Crippen LogP contribution in [0, 0.1) is 28.6 Å².